The number of fused-ring (bicyclic) bond motifs is 2. The summed E-state index contributed by atoms with van der Waals surface area (Å²) in [5.74, 6) is -2.79. The number of guanidine groups is 1. The van der Waals surface area contributed by atoms with E-state index in [1.807, 2.05) is 37.3 Å². The summed E-state index contributed by atoms with van der Waals surface area (Å²) in [6.07, 6.45) is 2.63. The van der Waals surface area contributed by atoms with Crippen LogP contribution in [0.15, 0.2) is 36.5 Å². The molecule has 2 aliphatic carbocycles. The molecular weight excluding hydrogens is 400 g/mol. The summed E-state index contributed by atoms with van der Waals surface area (Å²) in [6, 6.07) is 9.51. The number of aromatic nitrogens is 1. The minimum atomic E-state index is -2.66. The maximum Gasteiger partial charge on any atom is 0.248 e. The molecular formula is C23H25F2N5O. The van der Waals surface area contributed by atoms with Crippen LogP contribution in [0.2, 0.25) is 0 Å². The molecule has 3 aliphatic rings. The van der Waals surface area contributed by atoms with E-state index in [4.69, 9.17) is 5.41 Å². The van der Waals surface area contributed by atoms with Gasteiger partial charge in [-0.1, -0.05) is 12.1 Å². The molecule has 6 nitrogen and oxygen atoms in total. The standard InChI is InChI=1S/C23H25F2N5O/c1-14-5-6-15(13-27-14)28-19-4-2-3-18-17(19)11-22(18)12-20(31)30(21(26)29-22)16-7-9-23(24,25)10-8-16/h2-6,13,16,28H,7-12H2,1H3,(H2,26,29)/t22-/m0/s1. The number of alkyl halides is 2. The summed E-state index contributed by atoms with van der Waals surface area (Å²) in [5, 5.41) is 15.1. The van der Waals surface area contributed by atoms with E-state index in [0.29, 0.717) is 6.42 Å². The normalized spacial score (nSPS) is 25.1. The summed E-state index contributed by atoms with van der Waals surface area (Å²) in [6.45, 7) is 1.94. The summed E-state index contributed by atoms with van der Waals surface area (Å²) >= 11 is 0. The van der Waals surface area contributed by atoms with Crippen molar-refractivity contribution in [1.82, 2.24) is 15.2 Å². The van der Waals surface area contributed by atoms with Crippen LogP contribution in [0, 0.1) is 12.3 Å². The summed E-state index contributed by atoms with van der Waals surface area (Å²) in [4.78, 5) is 18.7. The van der Waals surface area contributed by atoms with Crippen LogP contribution in [0.3, 0.4) is 0 Å². The Morgan fingerprint density at radius 3 is 2.65 bits per heavy atom. The van der Waals surface area contributed by atoms with Crippen molar-refractivity contribution >= 4 is 23.2 Å². The van der Waals surface area contributed by atoms with Gasteiger partial charge >= 0.3 is 0 Å². The van der Waals surface area contributed by atoms with Crippen molar-refractivity contribution in [3.63, 3.8) is 0 Å². The van der Waals surface area contributed by atoms with Crippen LogP contribution in [0.5, 0.6) is 0 Å². The molecule has 2 aromatic rings. The van der Waals surface area contributed by atoms with Crippen molar-refractivity contribution in [2.75, 3.05) is 5.32 Å². The Bertz CT molecular complexity index is 1020. The minimum Gasteiger partial charge on any atom is -0.354 e. The number of hydrogen-bond acceptors (Lipinski definition) is 4. The van der Waals surface area contributed by atoms with E-state index in [2.05, 4.69) is 15.6 Å². The second-order valence-corrected chi connectivity index (χ2v) is 8.91. The van der Waals surface area contributed by atoms with Gasteiger partial charge < -0.3 is 10.6 Å². The SMILES string of the molecule is Cc1ccc(Nc2cccc3c2C[C@]32CC(=O)N(C3CCC(F)(F)CC3)C(=N)N2)cn1. The zero-order chi connectivity index (χ0) is 21.8. The van der Waals surface area contributed by atoms with Crippen LogP contribution < -0.4 is 10.6 Å². The van der Waals surface area contributed by atoms with E-state index in [1.165, 1.54) is 4.90 Å². The number of hydrogen-bond donors (Lipinski definition) is 3. The van der Waals surface area contributed by atoms with Gasteiger partial charge in [-0.15, -0.1) is 0 Å². The number of nitrogens with zero attached hydrogens (tertiary/aromatic N) is 2. The van der Waals surface area contributed by atoms with Gasteiger partial charge in [0.15, 0.2) is 5.96 Å². The lowest BCUT2D eigenvalue weighted by Crippen LogP contribution is -2.66. The number of aryl methyl sites for hydroxylation is 1. The van der Waals surface area contributed by atoms with Gasteiger partial charge in [-0.3, -0.25) is 20.1 Å². The number of halogens is 2. The maximum atomic E-state index is 13.5. The molecule has 31 heavy (non-hydrogen) atoms. The first-order valence-corrected chi connectivity index (χ1v) is 10.7. The smallest absolute Gasteiger partial charge is 0.248 e. The Hall–Kier alpha value is -3.03. The van der Waals surface area contributed by atoms with Crippen LogP contribution in [0.25, 0.3) is 0 Å². The van der Waals surface area contributed by atoms with Crippen LogP contribution >= 0.6 is 0 Å². The van der Waals surface area contributed by atoms with Crippen molar-refractivity contribution < 1.29 is 13.6 Å². The summed E-state index contributed by atoms with van der Waals surface area (Å²) < 4.78 is 27.0. The Morgan fingerprint density at radius 2 is 1.97 bits per heavy atom. The number of carbonyl (C=O) groups is 1. The Balaban J connectivity index is 1.34. The highest BCUT2D eigenvalue weighted by Crippen LogP contribution is 2.48. The fourth-order valence-corrected chi connectivity index (χ4v) is 5.07. The first kappa shape index (κ1) is 19.9. The quantitative estimate of drug-likeness (QED) is 0.688. The van der Waals surface area contributed by atoms with Gasteiger partial charge in [0.05, 0.1) is 23.8 Å². The Kier molecular flexibility index (Phi) is 4.50. The molecule has 2 fully saturated rings. The molecule has 5 rings (SSSR count). The number of carbonyl (C=O) groups excluding carboxylic acids is 1. The predicted octanol–water partition coefficient (Wildman–Crippen LogP) is 4.22. The van der Waals surface area contributed by atoms with Gasteiger partial charge in [-0.25, -0.2) is 8.78 Å². The fraction of sp³-hybridized carbons (Fsp3) is 0.435. The lowest BCUT2D eigenvalue weighted by molar-refractivity contribution is -0.135. The molecule has 2 heterocycles. The van der Waals surface area contributed by atoms with Crippen molar-refractivity contribution in [3.05, 3.63) is 53.3 Å². The molecule has 1 atom stereocenters. The highest BCUT2D eigenvalue weighted by atomic mass is 19.3. The first-order valence-electron chi connectivity index (χ1n) is 10.7. The number of rotatable bonds is 3. The van der Waals surface area contributed by atoms with Gasteiger partial charge in [0.1, 0.15) is 0 Å². The first-order chi connectivity index (χ1) is 14.8. The predicted molar refractivity (Wildman–Crippen MR) is 114 cm³/mol. The van der Waals surface area contributed by atoms with Crippen LogP contribution in [0.1, 0.15) is 48.9 Å². The lowest BCUT2D eigenvalue weighted by atomic mass is 9.67. The van der Waals surface area contributed by atoms with Gasteiger partial charge in [0.2, 0.25) is 11.8 Å². The van der Waals surface area contributed by atoms with E-state index in [9.17, 15) is 13.6 Å². The van der Waals surface area contributed by atoms with E-state index >= 15 is 0 Å². The maximum absolute atomic E-state index is 13.5. The van der Waals surface area contributed by atoms with Crippen molar-refractivity contribution in [2.45, 2.75) is 63.0 Å². The molecule has 0 bridgehead atoms. The number of nitrogens with one attached hydrogen (secondary N) is 3. The van der Waals surface area contributed by atoms with Gasteiger partial charge in [0.25, 0.3) is 0 Å². The molecule has 8 heteroatoms. The summed E-state index contributed by atoms with van der Waals surface area (Å²) in [5.41, 5.74) is 4.32. The molecule has 1 aromatic carbocycles. The highest BCUT2D eigenvalue weighted by Gasteiger charge is 2.52. The molecule has 3 N–H and O–H groups in total. The van der Waals surface area contributed by atoms with Crippen LogP contribution in [0.4, 0.5) is 20.2 Å². The molecule has 1 aliphatic heterocycles. The zero-order valence-electron chi connectivity index (χ0n) is 17.3. The van der Waals surface area contributed by atoms with E-state index in [1.54, 1.807) is 6.20 Å². The average Bonchev–Trinajstić information content (AvgIpc) is 2.71. The third kappa shape index (κ3) is 3.43. The second-order valence-electron chi connectivity index (χ2n) is 8.91. The van der Waals surface area contributed by atoms with Crippen molar-refractivity contribution in [3.8, 4) is 0 Å². The van der Waals surface area contributed by atoms with Crippen molar-refractivity contribution in [2.24, 2.45) is 0 Å². The number of amides is 1. The fourth-order valence-electron chi connectivity index (χ4n) is 5.07. The van der Waals surface area contributed by atoms with E-state index in [0.717, 1.165) is 28.2 Å². The van der Waals surface area contributed by atoms with Gasteiger partial charge in [-0.2, -0.15) is 0 Å². The Morgan fingerprint density at radius 1 is 1.19 bits per heavy atom. The second kappa shape index (κ2) is 7.00. The number of benzene rings is 1. The monoisotopic (exact) mass is 425 g/mol. The van der Waals surface area contributed by atoms with Crippen molar-refractivity contribution in [1.29, 1.82) is 5.41 Å². The van der Waals surface area contributed by atoms with E-state index in [-0.39, 0.29) is 50.0 Å². The van der Waals surface area contributed by atoms with Gasteiger partial charge in [0, 0.05) is 36.7 Å². The molecule has 1 spiro atoms. The molecule has 0 unspecified atom stereocenters. The van der Waals surface area contributed by atoms with Crippen LogP contribution in [-0.2, 0) is 16.8 Å². The topological polar surface area (TPSA) is 81.1 Å². The Labute approximate surface area is 179 Å². The van der Waals surface area contributed by atoms with Crippen LogP contribution in [-0.4, -0.2) is 33.7 Å². The zero-order valence-corrected chi connectivity index (χ0v) is 17.3. The molecule has 1 saturated heterocycles. The number of pyridine rings is 1. The highest BCUT2D eigenvalue weighted by molar-refractivity contribution is 6.00. The van der Waals surface area contributed by atoms with E-state index < -0.39 is 11.5 Å². The largest absolute Gasteiger partial charge is 0.354 e. The molecule has 1 amide bonds. The average molecular weight is 425 g/mol. The molecule has 1 saturated carbocycles. The summed E-state index contributed by atoms with van der Waals surface area (Å²) in [7, 11) is 0. The third-order valence-corrected chi connectivity index (χ3v) is 6.73. The number of anilines is 2. The molecule has 1 aromatic heterocycles. The lowest BCUT2D eigenvalue weighted by Gasteiger charge is -2.52. The minimum absolute atomic E-state index is 0.0261. The molecule has 162 valence electrons. The molecule has 0 radical (unpaired) electrons. The third-order valence-electron chi connectivity index (χ3n) is 6.73. The van der Waals surface area contributed by atoms with Gasteiger partial charge in [-0.05, 0) is 49.1 Å².